The molecule has 2 aromatic carbocycles. The number of aryl methyl sites for hydroxylation is 1. The first-order valence-corrected chi connectivity index (χ1v) is 8.52. The molecular formula is C18H18O4S. The maximum absolute atomic E-state index is 11.9. The van der Waals surface area contributed by atoms with Crippen LogP contribution in [0, 0.1) is 18.8 Å². The molecule has 0 heterocycles. The van der Waals surface area contributed by atoms with Crippen LogP contribution in [0.25, 0.3) is 0 Å². The maximum Gasteiger partial charge on any atom is 0.297 e. The van der Waals surface area contributed by atoms with Gasteiger partial charge in [0.05, 0.1) is 11.5 Å². The molecule has 0 fully saturated rings. The van der Waals surface area contributed by atoms with E-state index in [4.69, 9.17) is 8.92 Å². The molecule has 0 aliphatic carbocycles. The summed E-state index contributed by atoms with van der Waals surface area (Å²) in [4.78, 5) is 0.130. The largest absolute Gasteiger partial charge is 0.364 e. The van der Waals surface area contributed by atoms with Gasteiger partial charge in [0.15, 0.2) is 0 Å². The van der Waals surface area contributed by atoms with E-state index in [1.807, 2.05) is 37.3 Å². The fourth-order valence-electron chi connectivity index (χ4n) is 1.78. The summed E-state index contributed by atoms with van der Waals surface area (Å²) in [6.07, 6.45) is 0. The molecule has 0 spiro atoms. The van der Waals surface area contributed by atoms with E-state index >= 15 is 0 Å². The van der Waals surface area contributed by atoms with E-state index in [9.17, 15) is 8.42 Å². The van der Waals surface area contributed by atoms with Crippen molar-refractivity contribution >= 4 is 10.1 Å². The van der Waals surface area contributed by atoms with Crippen LogP contribution < -0.4 is 0 Å². The minimum absolute atomic E-state index is 0.130. The van der Waals surface area contributed by atoms with Crippen LogP contribution in [0.1, 0.15) is 11.1 Å². The Bertz CT molecular complexity index is 769. The van der Waals surface area contributed by atoms with Crippen molar-refractivity contribution in [3.05, 3.63) is 65.7 Å². The highest BCUT2D eigenvalue weighted by molar-refractivity contribution is 7.86. The van der Waals surface area contributed by atoms with Crippen molar-refractivity contribution in [2.75, 3.05) is 13.2 Å². The van der Waals surface area contributed by atoms with Gasteiger partial charge in [0.1, 0.15) is 13.2 Å². The normalized spacial score (nSPS) is 10.8. The second-order valence-electron chi connectivity index (χ2n) is 4.86. The van der Waals surface area contributed by atoms with Crippen LogP contribution in [0.3, 0.4) is 0 Å². The number of ether oxygens (including phenoxy) is 1. The van der Waals surface area contributed by atoms with Crippen molar-refractivity contribution in [2.45, 2.75) is 18.4 Å². The Labute approximate surface area is 137 Å². The Balaban J connectivity index is 1.73. The molecular weight excluding hydrogens is 312 g/mol. The Morgan fingerprint density at radius 1 is 0.913 bits per heavy atom. The Morgan fingerprint density at radius 2 is 1.57 bits per heavy atom. The predicted molar refractivity (Wildman–Crippen MR) is 88.2 cm³/mol. The summed E-state index contributed by atoms with van der Waals surface area (Å²) < 4.78 is 34.0. The summed E-state index contributed by atoms with van der Waals surface area (Å²) in [5.41, 5.74) is 2.05. The van der Waals surface area contributed by atoms with Gasteiger partial charge in [-0.25, -0.2) is 0 Å². The number of benzene rings is 2. The second kappa shape index (κ2) is 8.49. The molecule has 0 N–H and O–H groups in total. The third-order valence-electron chi connectivity index (χ3n) is 3.01. The van der Waals surface area contributed by atoms with Crippen LogP contribution in [0.4, 0.5) is 0 Å². The van der Waals surface area contributed by atoms with Crippen LogP contribution in [0.5, 0.6) is 0 Å². The molecule has 0 amide bonds. The molecule has 0 unspecified atom stereocenters. The van der Waals surface area contributed by atoms with Gasteiger partial charge in [0.2, 0.25) is 0 Å². The van der Waals surface area contributed by atoms with Gasteiger partial charge in [-0.05, 0) is 24.6 Å². The molecule has 4 nitrogen and oxygen atoms in total. The Morgan fingerprint density at radius 3 is 2.26 bits per heavy atom. The lowest BCUT2D eigenvalue weighted by Crippen LogP contribution is -2.06. The summed E-state index contributed by atoms with van der Waals surface area (Å²) in [7, 11) is -3.76. The molecule has 0 atom stereocenters. The lowest BCUT2D eigenvalue weighted by atomic mass is 10.2. The molecule has 2 rings (SSSR count). The van der Waals surface area contributed by atoms with E-state index in [1.54, 1.807) is 12.1 Å². The van der Waals surface area contributed by atoms with Gasteiger partial charge in [-0.15, -0.1) is 0 Å². The zero-order chi connectivity index (χ0) is 16.5. The van der Waals surface area contributed by atoms with E-state index in [2.05, 4.69) is 11.8 Å². The van der Waals surface area contributed by atoms with Crippen molar-refractivity contribution in [1.82, 2.24) is 0 Å². The molecule has 5 heteroatoms. The van der Waals surface area contributed by atoms with Gasteiger partial charge >= 0.3 is 0 Å². The van der Waals surface area contributed by atoms with Gasteiger partial charge in [-0.3, -0.25) is 4.18 Å². The molecule has 0 radical (unpaired) electrons. The molecule has 23 heavy (non-hydrogen) atoms. The maximum atomic E-state index is 11.9. The zero-order valence-electron chi connectivity index (χ0n) is 12.9. The topological polar surface area (TPSA) is 52.6 Å². The SMILES string of the molecule is Cc1ccc(S(=O)(=O)OCC#CCOCc2ccccc2)cc1. The van der Waals surface area contributed by atoms with Crippen molar-refractivity contribution in [3.8, 4) is 11.8 Å². The van der Waals surface area contributed by atoms with Gasteiger partial charge in [-0.1, -0.05) is 59.9 Å². The summed E-state index contributed by atoms with van der Waals surface area (Å²) in [6, 6.07) is 16.2. The van der Waals surface area contributed by atoms with Crippen molar-refractivity contribution in [2.24, 2.45) is 0 Å². The van der Waals surface area contributed by atoms with Crippen LogP contribution >= 0.6 is 0 Å². The summed E-state index contributed by atoms with van der Waals surface area (Å²) in [5.74, 6) is 5.36. The lowest BCUT2D eigenvalue weighted by molar-refractivity contribution is 0.153. The lowest BCUT2D eigenvalue weighted by Gasteiger charge is -2.02. The highest BCUT2D eigenvalue weighted by atomic mass is 32.2. The molecule has 0 aromatic heterocycles. The van der Waals surface area contributed by atoms with Gasteiger partial charge < -0.3 is 4.74 Å². The summed E-state index contributed by atoms with van der Waals surface area (Å²) in [6.45, 7) is 2.39. The second-order valence-corrected chi connectivity index (χ2v) is 6.48. The number of hydrogen-bond donors (Lipinski definition) is 0. The standard InChI is InChI=1S/C18H18O4S/c1-16-9-11-18(12-10-16)23(19,20)22-14-6-5-13-21-15-17-7-3-2-4-8-17/h2-4,7-12H,13-15H2,1H3. The molecule has 2 aromatic rings. The number of hydrogen-bond acceptors (Lipinski definition) is 4. The highest BCUT2D eigenvalue weighted by Gasteiger charge is 2.13. The first kappa shape index (κ1) is 17.2. The van der Waals surface area contributed by atoms with Gasteiger partial charge in [0, 0.05) is 0 Å². The zero-order valence-corrected chi connectivity index (χ0v) is 13.7. The van der Waals surface area contributed by atoms with Crippen molar-refractivity contribution < 1.29 is 17.3 Å². The monoisotopic (exact) mass is 330 g/mol. The average Bonchev–Trinajstić information content (AvgIpc) is 2.55. The fourth-order valence-corrected chi connectivity index (χ4v) is 2.60. The van der Waals surface area contributed by atoms with Crippen molar-refractivity contribution in [1.29, 1.82) is 0 Å². The highest BCUT2D eigenvalue weighted by Crippen LogP contribution is 2.12. The minimum Gasteiger partial charge on any atom is -0.364 e. The third kappa shape index (κ3) is 5.87. The first-order valence-electron chi connectivity index (χ1n) is 7.11. The van der Waals surface area contributed by atoms with E-state index in [1.165, 1.54) is 12.1 Å². The first-order chi connectivity index (χ1) is 11.1. The fraction of sp³-hybridized carbons (Fsp3) is 0.222. The Kier molecular flexibility index (Phi) is 6.36. The van der Waals surface area contributed by atoms with Crippen LogP contribution in [0.2, 0.25) is 0 Å². The molecule has 0 saturated carbocycles. The predicted octanol–water partition coefficient (Wildman–Crippen LogP) is 2.92. The summed E-state index contributed by atoms with van der Waals surface area (Å²) in [5, 5.41) is 0. The molecule has 0 aliphatic rings. The Hall–Kier alpha value is -2.13. The van der Waals surface area contributed by atoms with E-state index in [0.717, 1.165) is 11.1 Å². The minimum atomic E-state index is -3.76. The van der Waals surface area contributed by atoms with Crippen LogP contribution in [-0.4, -0.2) is 21.6 Å². The van der Waals surface area contributed by atoms with Crippen LogP contribution in [0.15, 0.2) is 59.5 Å². The average molecular weight is 330 g/mol. The quantitative estimate of drug-likeness (QED) is 0.464. The van der Waals surface area contributed by atoms with Crippen LogP contribution in [-0.2, 0) is 25.6 Å². The smallest absolute Gasteiger partial charge is 0.297 e. The molecule has 0 aliphatic heterocycles. The van der Waals surface area contributed by atoms with E-state index in [-0.39, 0.29) is 18.1 Å². The van der Waals surface area contributed by atoms with Gasteiger partial charge in [-0.2, -0.15) is 8.42 Å². The van der Waals surface area contributed by atoms with E-state index in [0.29, 0.717) is 6.61 Å². The van der Waals surface area contributed by atoms with Gasteiger partial charge in [0.25, 0.3) is 10.1 Å². The summed E-state index contributed by atoms with van der Waals surface area (Å²) >= 11 is 0. The molecule has 0 saturated heterocycles. The number of rotatable bonds is 6. The molecule has 0 bridgehead atoms. The van der Waals surface area contributed by atoms with Crippen molar-refractivity contribution in [3.63, 3.8) is 0 Å². The molecule has 120 valence electrons. The third-order valence-corrected chi connectivity index (χ3v) is 4.28. The van der Waals surface area contributed by atoms with E-state index < -0.39 is 10.1 Å².